The van der Waals surface area contributed by atoms with Crippen LogP contribution in [0.5, 0.6) is 0 Å². The van der Waals surface area contributed by atoms with Gasteiger partial charge in [0, 0.05) is 27.3 Å². The Kier molecular flexibility index (Phi) is 3.71. The highest BCUT2D eigenvalue weighted by molar-refractivity contribution is 6.33. The molecule has 94 valence electrons. The summed E-state index contributed by atoms with van der Waals surface area (Å²) in [5.74, 6) is 0.725. The number of pyridine rings is 1. The van der Waals surface area contributed by atoms with Gasteiger partial charge in [-0.15, -0.1) is 0 Å². The van der Waals surface area contributed by atoms with Crippen LogP contribution in [-0.2, 0) is 9.47 Å². The van der Waals surface area contributed by atoms with Crippen molar-refractivity contribution in [3.8, 4) is 0 Å². The SMILES string of the molecule is COC1CN(c2ncc(N)cc2Cl)CC1OC. The van der Waals surface area contributed by atoms with Crippen molar-refractivity contribution in [2.75, 3.05) is 37.9 Å². The van der Waals surface area contributed by atoms with E-state index < -0.39 is 0 Å². The van der Waals surface area contributed by atoms with E-state index in [1.807, 2.05) is 4.90 Å². The van der Waals surface area contributed by atoms with Crippen LogP contribution in [0.25, 0.3) is 0 Å². The molecule has 5 nitrogen and oxygen atoms in total. The zero-order chi connectivity index (χ0) is 12.4. The van der Waals surface area contributed by atoms with E-state index in [9.17, 15) is 0 Å². The van der Waals surface area contributed by atoms with Gasteiger partial charge in [-0.3, -0.25) is 0 Å². The van der Waals surface area contributed by atoms with Gasteiger partial charge in [0.15, 0.2) is 0 Å². The fourth-order valence-corrected chi connectivity index (χ4v) is 2.34. The summed E-state index contributed by atoms with van der Waals surface area (Å²) in [4.78, 5) is 6.30. The van der Waals surface area contributed by atoms with E-state index >= 15 is 0 Å². The number of rotatable bonds is 3. The number of halogens is 1. The third-order valence-electron chi connectivity index (χ3n) is 2.96. The van der Waals surface area contributed by atoms with Crippen molar-refractivity contribution >= 4 is 23.1 Å². The number of aromatic nitrogens is 1. The highest BCUT2D eigenvalue weighted by atomic mass is 35.5. The summed E-state index contributed by atoms with van der Waals surface area (Å²) in [7, 11) is 3.36. The maximum Gasteiger partial charge on any atom is 0.147 e. The van der Waals surface area contributed by atoms with Gasteiger partial charge in [-0.25, -0.2) is 4.98 Å². The van der Waals surface area contributed by atoms with Crippen LogP contribution in [0.1, 0.15) is 0 Å². The minimum Gasteiger partial charge on any atom is -0.397 e. The fourth-order valence-electron chi connectivity index (χ4n) is 2.05. The molecule has 1 aliphatic rings. The monoisotopic (exact) mass is 257 g/mol. The molecule has 0 amide bonds. The molecule has 2 heterocycles. The number of hydrogen-bond acceptors (Lipinski definition) is 5. The van der Waals surface area contributed by atoms with E-state index in [0.717, 1.165) is 5.82 Å². The lowest BCUT2D eigenvalue weighted by atomic mass is 10.3. The Morgan fingerprint density at radius 3 is 2.41 bits per heavy atom. The van der Waals surface area contributed by atoms with Crippen LogP contribution in [0.4, 0.5) is 11.5 Å². The van der Waals surface area contributed by atoms with Crippen LogP contribution in [-0.4, -0.2) is 44.5 Å². The lowest BCUT2D eigenvalue weighted by Crippen LogP contribution is -2.27. The van der Waals surface area contributed by atoms with Crippen molar-refractivity contribution in [2.45, 2.75) is 12.2 Å². The average molecular weight is 258 g/mol. The largest absolute Gasteiger partial charge is 0.397 e. The average Bonchev–Trinajstić information content (AvgIpc) is 2.72. The highest BCUT2D eigenvalue weighted by Crippen LogP contribution is 2.29. The molecule has 2 atom stereocenters. The summed E-state index contributed by atoms with van der Waals surface area (Å²) < 4.78 is 10.7. The Hall–Kier alpha value is -1.04. The van der Waals surface area contributed by atoms with Gasteiger partial charge >= 0.3 is 0 Å². The number of methoxy groups -OCH3 is 2. The molecular weight excluding hydrogens is 242 g/mol. The van der Waals surface area contributed by atoms with E-state index in [-0.39, 0.29) is 12.2 Å². The standard InChI is InChI=1S/C11H16ClN3O2/c1-16-9-5-15(6-10(9)17-2)11-8(12)3-7(13)4-14-11/h3-4,9-10H,5-6,13H2,1-2H3. The minimum absolute atomic E-state index is 0.0374. The third kappa shape index (κ3) is 2.46. The second kappa shape index (κ2) is 5.08. The number of nitrogen functional groups attached to an aromatic ring is 1. The lowest BCUT2D eigenvalue weighted by Gasteiger charge is -2.18. The summed E-state index contributed by atoms with van der Waals surface area (Å²) in [6.45, 7) is 1.43. The van der Waals surface area contributed by atoms with E-state index in [1.54, 1.807) is 26.5 Å². The molecule has 0 bridgehead atoms. The molecule has 2 unspecified atom stereocenters. The zero-order valence-corrected chi connectivity index (χ0v) is 10.6. The van der Waals surface area contributed by atoms with Crippen LogP contribution in [0, 0.1) is 0 Å². The Balaban J connectivity index is 2.19. The molecule has 0 aliphatic carbocycles. The van der Waals surface area contributed by atoms with E-state index in [4.69, 9.17) is 26.8 Å². The van der Waals surface area contributed by atoms with Crippen molar-refractivity contribution in [2.24, 2.45) is 0 Å². The second-order valence-corrected chi connectivity index (χ2v) is 4.43. The predicted octanol–water partition coefficient (Wildman–Crippen LogP) is 1.17. The lowest BCUT2D eigenvalue weighted by molar-refractivity contribution is -0.00461. The molecule has 2 rings (SSSR count). The third-order valence-corrected chi connectivity index (χ3v) is 3.24. The summed E-state index contributed by atoms with van der Waals surface area (Å²) in [6.07, 6.45) is 1.68. The molecule has 1 aliphatic heterocycles. The summed E-state index contributed by atoms with van der Waals surface area (Å²) in [6, 6.07) is 1.70. The first kappa shape index (κ1) is 12.4. The Labute approximate surface area is 105 Å². The van der Waals surface area contributed by atoms with Gasteiger partial charge in [-0.1, -0.05) is 11.6 Å². The predicted molar refractivity (Wildman–Crippen MR) is 67.5 cm³/mol. The molecule has 1 aromatic rings. The first-order chi connectivity index (χ1) is 8.15. The first-order valence-corrected chi connectivity index (χ1v) is 5.75. The highest BCUT2D eigenvalue weighted by Gasteiger charge is 2.34. The first-order valence-electron chi connectivity index (χ1n) is 5.37. The van der Waals surface area contributed by atoms with Crippen LogP contribution in [0.15, 0.2) is 12.3 Å². The van der Waals surface area contributed by atoms with Crippen molar-refractivity contribution in [3.05, 3.63) is 17.3 Å². The van der Waals surface area contributed by atoms with Crippen LogP contribution in [0.2, 0.25) is 5.02 Å². The summed E-state index contributed by atoms with van der Waals surface area (Å²) in [5.41, 5.74) is 6.18. The zero-order valence-electron chi connectivity index (χ0n) is 9.89. The molecule has 1 aromatic heterocycles. The number of ether oxygens (including phenoxy) is 2. The number of nitrogens with zero attached hydrogens (tertiary/aromatic N) is 2. The van der Waals surface area contributed by atoms with Crippen LogP contribution in [0.3, 0.4) is 0 Å². The van der Waals surface area contributed by atoms with Crippen LogP contribution >= 0.6 is 11.6 Å². The van der Waals surface area contributed by atoms with Crippen molar-refractivity contribution in [1.29, 1.82) is 0 Å². The Morgan fingerprint density at radius 1 is 1.35 bits per heavy atom. The Morgan fingerprint density at radius 2 is 1.94 bits per heavy atom. The molecule has 1 saturated heterocycles. The number of hydrogen-bond donors (Lipinski definition) is 1. The molecule has 0 aromatic carbocycles. The summed E-state index contributed by atoms with van der Waals surface area (Å²) >= 11 is 6.13. The van der Waals surface area contributed by atoms with Crippen molar-refractivity contribution in [1.82, 2.24) is 4.98 Å². The van der Waals surface area contributed by atoms with Crippen LogP contribution < -0.4 is 10.6 Å². The van der Waals surface area contributed by atoms with Gasteiger partial charge in [0.1, 0.15) is 18.0 Å². The van der Waals surface area contributed by atoms with E-state index in [0.29, 0.717) is 23.8 Å². The van der Waals surface area contributed by atoms with Gasteiger partial charge in [0.05, 0.1) is 16.9 Å². The fraction of sp³-hybridized carbons (Fsp3) is 0.545. The number of nitrogens with two attached hydrogens (primary N) is 1. The molecule has 2 N–H and O–H groups in total. The second-order valence-electron chi connectivity index (χ2n) is 4.03. The van der Waals surface area contributed by atoms with Gasteiger partial charge in [0.25, 0.3) is 0 Å². The molecule has 0 radical (unpaired) electrons. The van der Waals surface area contributed by atoms with E-state index in [1.165, 1.54) is 0 Å². The topological polar surface area (TPSA) is 60.6 Å². The maximum absolute atomic E-state index is 6.13. The van der Waals surface area contributed by atoms with Crippen molar-refractivity contribution in [3.63, 3.8) is 0 Å². The normalized spacial score (nSPS) is 24.3. The molecule has 17 heavy (non-hydrogen) atoms. The maximum atomic E-state index is 6.13. The minimum atomic E-state index is 0.0374. The van der Waals surface area contributed by atoms with Crippen molar-refractivity contribution < 1.29 is 9.47 Å². The van der Waals surface area contributed by atoms with Gasteiger partial charge < -0.3 is 20.1 Å². The summed E-state index contributed by atoms with van der Waals surface area (Å²) in [5, 5.41) is 0.552. The van der Waals surface area contributed by atoms with E-state index in [2.05, 4.69) is 4.98 Å². The molecule has 6 heteroatoms. The Bertz CT molecular complexity index is 390. The quantitative estimate of drug-likeness (QED) is 0.881. The molecule has 0 saturated carbocycles. The molecule has 0 spiro atoms. The van der Waals surface area contributed by atoms with Gasteiger partial charge in [0.2, 0.25) is 0 Å². The molecular formula is C11H16ClN3O2. The smallest absolute Gasteiger partial charge is 0.147 e. The van der Waals surface area contributed by atoms with Gasteiger partial charge in [-0.05, 0) is 6.07 Å². The molecule has 1 fully saturated rings. The van der Waals surface area contributed by atoms with Gasteiger partial charge in [-0.2, -0.15) is 0 Å². The number of anilines is 2.